The minimum atomic E-state index is 0.668. The van der Waals surface area contributed by atoms with Crippen molar-refractivity contribution in [2.75, 3.05) is 13.1 Å². The van der Waals surface area contributed by atoms with Gasteiger partial charge in [-0.25, -0.2) is 0 Å². The number of hydrogen-bond donors (Lipinski definition) is 1. The van der Waals surface area contributed by atoms with Crippen LogP contribution in [0.4, 0.5) is 0 Å². The molecule has 1 aromatic rings. The van der Waals surface area contributed by atoms with Gasteiger partial charge < -0.3 is 5.32 Å². The van der Waals surface area contributed by atoms with Crippen molar-refractivity contribution in [1.82, 2.24) is 5.32 Å². The molecule has 0 radical (unpaired) electrons. The molecule has 1 aliphatic heterocycles. The molecule has 1 heterocycles. The summed E-state index contributed by atoms with van der Waals surface area (Å²) in [5.41, 5.74) is 3.74. The fourth-order valence-electron chi connectivity index (χ4n) is 3.69. The quantitative estimate of drug-likeness (QED) is 0.852. The van der Waals surface area contributed by atoms with Crippen LogP contribution in [0.2, 0.25) is 0 Å². The first-order valence-corrected chi connectivity index (χ1v) is 7.46. The van der Waals surface area contributed by atoms with Gasteiger partial charge in [0.1, 0.15) is 0 Å². The highest BCUT2D eigenvalue weighted by Crippen LogP contribution is 2.48. The van der Waals surface area contributed by atoms with E-state index >= 15 is 0 Å². The predicted molar refractivity (Wildman–Crippen MR) is 76.9 cm³/mol. The first kappa shape index (κ1) is 12.2. The van der Waals surface area contributed by atoms with Crippen LogP contribution in [0.15, 0.2) is 24.3 Å². The SMILES string of the molecule is CC(C)Cc1ccc(C2CCC3(CNC3)C2)cc1. The summed E-state index contributed by atoms with van der Waals surface area (Å²) in [5.74, 6) is 1.58. The Morgan fingerprint density at radius 3 is 2.44 bits per heavy atom. The normalized spacial score (nSPS) is 25.6. The molecule has 1 saturated heterocycles. The van der Waals surface area contributed by atoms with Gasteiger partial charge in [0.15, 0.2) is 0 Å². The molecule has 18 heavy (non-hydrogen) atoms. The van der Waals surface area contributed by atoms with Crippen molar-refractivity contribution in [3.05, 3.63) is 35.4 Å². The van der Waals surface area contributed by atoms with Crippen molar-refractivity contribution in [2.24, 2.45) is 11.3 Å². The van der Waals surface area contributed by atoms with Crippen LogP contribution in [-0.4, -0.2) is 13.1 Å². The number of benzene rings is 1. The highest BCUT2D eigenvalue weighted by Gasteiger charge is 2.43. The lowest BCUT2D eigenvalue weighted by Crippen LogP contribution is -2.51. The van der Waals surface area contributed by atoms with Gasteiger partial charge in [0.05, 0.1) is 0 Å². The van der Waals surface area contributed by atoms with E-state index in [0.717, 1.165) is 11.8 Å². The number of nitrogens with one attached hydrogen (secondary N) is 1. The molecule has 0 bridgehead atoms. The van der Waals surface area contributed by atoms with E-state index in [1.807, 2.05) is 0 Å². The van der Waals surface area contributed by atoms with Crippen LogP contribution in [0.1, 0.15) is 50.2 Å². The first-order chi connectivity index (χ1) is 8.67. The van der Waals surface area contributed by atoms with E-state index < -0.39 is 0 Å². The number of hydrogen-bond acceptors (Lipinski definition) is 1. The Kier molecular flexibility index (Phi) is 3.19. The minimum absolute atomic E-state index is 0.668. The van der Waals surface area contributed by atoms with Gasteiger partial charge in [-0.15, -0.1) is 0 Å². The van der Waals surface area contributed by atoms with Gasteiger partial charge in [0, 0.05) is 13.1 Å². The Balaban J connectivity index is 1.66. The van der Waals surface area contributed by atoms with Crippen molar-refractivity contribution in [3.63, 3.8) is 0 Å². The van der Waals surface area contributed by atoms with Crippen LogP contribution < -0.4 is 5.32 Å². The van der Waals surface area contributed by atoms with Crippen LogP contribution in [-0.2, 0) is 6.42 Å². The third-order valence-corrected chi connectivity index (χ3v) is 4.80. The van der Waals surface area contributed by atoms with E-state index in [0.29, 0.717) is 5.41 Å². The van der Waals surface area contributed by atoms with E-state index in [-0.39, 0.29) is 0 Å². The standard InChI is InChI=1S/C17H25N/c1-13(2)9-14-3-5-15(6-4-14)16-7-8-17(10-16)11-18-12-17/h3-6,13,16,18H,7-12H2,1-2H3. The van der Waals surface area contributed by atoms with Crippen molar-refractivity contribution >= 4 is 0 Å². The van der Waals surface area contributed by atoms with Gasteiger partial charge in [-0.2, -0.15) is 0 Å². The summed E-state index contributed by atoms with van der Waals surface area (Å²) in [6, 6.07) is 9.46. The van der Waals surface area contributed by atoms with Gasteiger partial charge in [-0.05, 0) is 54.1 Å². The highest BCUT2D eigenvalue weighted by molar-refractivity contribution is 5.27. The van der Waals surface area contributed by atoms with Crippen molar-refractivity contribution < 1.29 is 0 Å². The van der Waals surface area contributed by atoms with Crippen molar-refractivity contribution in [1.29, 1.82) is 0 Å². The summed E-state index contributed by atoms with van der Waals surface area (Å²) in [6.07, 6.45) is 5.44. The third kappa shape index (κ3) is 2.33. The molecule has 0 amide bonds. The summed E-state index contributed by atoms with van der Waals surface area (Å²) < 4.78 is 0. The van der Waals surface area contributed by atoms with Crippen molar-refractivity contribution in [2.45, 2.75) is 45.4 Å². The molecule has 1 spiro atoms. The van der Waals surface area contributed by atoms with E-state index in [1.54, 1.807) is 5.56 Å². The van der Waals surface area contributed by atoms with Crippen LogP contribution >= 0.6 is 0 Å². The summed E-state index contributed by atoms with van der Waals surface area (Å²) in [6.45, 7) is 7.10. The third-order valence-electron chi connectivity index (χ3n) is 4.80. The van der Waals surface area contributed by atoms with Crippen LogP contribution in [0, 0.1) is 11.3 Å². The zero-order chi connectivity index (χ0) is 12.6. The second kappa shape index (κ2) is 4.70. The van der Waals surface area contributed by atoms with E-state index in [1.165, 1.54) is 44.3 Å². The molecule has 0 aromatic heterocycles. The second-order valence-electron chi connectivity index (χ2n) is 6.88. The number of rotatable bonds is 3. The molecule has 1 heteroatoms. The molecule has 1 N–H and O–H groups in total. The molecular formula is C17H25N. The molecule has 1 saturated carbocycles. The summed E-state index contributed by atoms with van der Waals surface area (Å²) >= 11 is 0. The lowest BCUT2D eigenvalue weighted by Gasteiger charge is -2.39. The van der Waals surface area contributed by atoms with Crippen LogP contribution in [0.3, 0.4) is 0 Å². The average Bonchev–Trinajstić information content (AvgIpc) is 2.74. The lowest BCUT2D eigenvalue weighted by molar-refractivity contribution is 0.175. The Morgan fingerprint density at radius 2 is 1.94 bits per heavy atom. The van der Waals surface area contributed by atoms with Gasteiger partial charge in [0.25, 0.3) is 0 Å². The Hall–Kier alpha value is -0.820. The maximum absolute atomic E-state index is 3.45. The monoisotopic (exact) mass is 243 g/mol. The average molecular weight is 243 g/mol. The summed E-state index contributed by atoms with van der Waals surface area (Å²) in [7, 11) is 0. The largest absolute Gasteiger partial charge is 0.316 e. The Morgan fingerprint density at radius 1 is 1.22 bits per heavy atom. The predicted octanol–water partition coefficient (Wildman–Crippen LogP) is 3.74. The van der Waals surface area contributed by atoms with Crippen LogP contribution in [0.5, 0.6) is 0 Å². The van der Waals surface area contributed by atoms with Crippen LogP contribution in [0.25, 0.3) is 0 Å². The molecule has 1 aliphatic carbocycles. The van der Waals surface area contributed by atoms with E-state index in [4.69, 9.17) is 0 Å². The maximum atomic E-state index is 3.45. The van der Waals surface area contributed by atoms with Gasteiger partial charge in [-0.1, -0.05) is 38.1 Å². The van der Waals surface area contributed by atoms with Gasteiger partial charge >= 0.3 is 0 Å². The molecule has 1 nitrogen and oxygen atoms in total. The minimum Gasteiger partial charge on any atom is -0.316 e. The van der Waals surface area contributed by atoms with Gasteiger partial charge in [-0.3, -0.25) is 0 Å². The fraction of sp³-hybridized carbons (Fsp3) is 0.647. The molecule has 2 fully saturated rings. The highest BCUT2D eigenvalue weighted by atomic mass is 15.0. The molecule has 98 valence electrons. The Bertz CT molecular complexity index is 400. The molecule has 3 rings (SSSR count). The molecule has 1 aromatic carbocycles. The van der Waals surface area contributed by atoms with E-state index in [9.17, 15) is 0 Å². The Labute approximate surface area is 111 Å². The second-order valence-corrected chi connectivity index (χ2v) is 6.88. The summed E-state index contributed by atoms with van der Waals surface area (Å²) in [5, 5.41) is 3.45. The van der Waals surface area contributed by atoms with E-state index in [2.05, 4.69) is 43.4 Å². The fourth-order valence-corrected chi connectivity index (χ4v) is 3.69. The molecule has 1 unspecified atom stereocenters. The topological polar surface area (TPSA) is 12.0 Å². The zero-order valence-corrected chi connectivity index (χ0v) is 11.7. The maximum Gasteiger partial charge on any atom is 0.00204 e. The lowest BCUT2D eigenvalue weighted by atomic mass is 9.79. The molecule has 2 aliphatic rings. The summed E-state index contributed by atoms with van der Waals surface area (Å²) in [4.78, 5) is 0. The molecule has 1 atom stereocenters. The van der Waals surface area contributed by atoms with Gasteiger partial charge in [0.2, 0.25) is 0 Å². The first-order valence-electron chi connectivity index (χ1n) is 7.46. The molecular weight excluding hydrogens is 218 g/mol. The van der Waals surface area contributed by atoms with Crippen molar-refractivity contribution in [3.8, 4) is 0 Å². The zero-order valence-electron chi connectivity index (χ0n) is 11.7. The smallest absolute Gasteiger partial charge is 0.00204 e.